The van der Waals surface area contributed by atoms with Gasteiger partial charge in [0.15, 0.2) is 11.5 Å². The number of rotatable bonds is 9. The Bertz CT molecular complexity index is 898. The maximum Gasteiger partial charge on any atom is 0.262 e. The summed E-state index contributed by atoms with van der Waals surface area (Å²) >= 11 is 0. The van der Waals surface area contributed by atoms with Gasteiger partial charge in [0.05, 0.1) is 19.9 Å². The first kappa shape index (κ1) is 22.9. The molecule has 0 fully saturated rings. The van der Waals surface area contributed by atoms with Gasteiger partial charge in [-0.2, -0.15) is 5.10 Å². The molecule has 0 aromatic heterocycles. The molecule has 0 spiro atoms. The summed E-state index contributed by atoms with van der Waals surface area (Å²) in [5.74, 6) is -0.386. The molecule has 30 heavy (non-hydrogen) atoms. The average Bonchev–Trinajstić information content (AvgIpc) is 2.72. The number of carbonyl (C=O) groups is 2. The second kappa shape index (κ2) is 10.9. The van der Waals surface area contributed by atoms with Gasteiger partial charge in [-0.3, -0.25) is 9.59 Å². The van der Waals surface area contributed by atoms with Crippen LogP contribution >= 0.6 is 0 Å². The van der Waals surface area contributed by atoms with E-state index in [9.17, 15) is 14.0 Å². The quantitative estimate of drug-likeness (QED) is 0.486. The van der Waals surface area contributed by atoms with Gasteiger partial charge in [-0.25, -0.2) is 9.82 Å². The topological polar surface area (TPSA) is 89.0 Å². The van der Waals surface area contributed by atoms with Crippen LogP contribution in [-0.2, 0) is 4.79 Å². The maximum atomic E-state index is 13.0. The van der Waals surface area contributed by atoms with Gasteiger partial charge in [-0.1, -0.05) is 13.8 Å². The minimum Gasteiger partial charge on any atom is -0.493 e. The molecule has 8 heteroatoms. The fourth-order valence-corrected chi connectivity index (χ4v) is 2.64. The van der Waals surface area contributed by atoms with E-state index in [1.807, 2.05) is 6.92 Å². The minimum absolute atomic E-state index is 0.185. The van der Waals surface area contributed by atoms with Gasteiger partial charge in [0.1, 0.15) is 11.9 Å². The average molecular weight is 415 g/mol. The van der Waals surface area contributed by atoms with Crippen LogP contribution in [0.3, 0.4) is 0 Å². The molecule has 0 saturated heterocycles. The Morgan fingerprint density at radius 2 is 1.83 bits per heavy atom. The Kier molecular flexibility index (Phi) is 8.34. The third-order valence-corrected chi connectivity index (χ3v) is 4.22. The van der Waals surface area contributed by atoms with E-state index in [4.69, 9.17) is 9.47 Å². The molecule has 0 aliphatic carbocycles. The van der Waals surface area contributed by atoms with Crippen molar-refractivity contribution in [2.45, 2.75) is 26.8 Å². The van der Waals surface area contributed by atoms with Crippen LogP contribution < -0.4 is 20.2 Å². The number of halogens is 1. The number of amides is 2. The lowest BCUT2D eigenvalue weighted by atomic mass is 10.0. The van der Waals surface area contributed by atoms with E-state index in [-0.39, 0.29) is 11.5 Å². The summed E-state index contributed by atoms with van der Waals surface area (Å²) in [6.45, 7) is 5.96. The predicted octanol–water partition coefficient (Wildman–Crippen LogP) is 3.14. The lowest BCUT2D eigenvalue weighted by Crippen LogP contribution is -2.48. The monoisotopic (exact) mass is 415 g/mol. The molecule has 2 rings (SSSR count). The number of benzene rings is 2. The SMILES string of the molecule is CCOc1cc(/C=N/NC(=O)C(NC(=O)c2ccc(F)cc2)C(C)C)ccc1OC. The molecule has 2 aromatic rings. The van der Waals surface area contributed by atoms with E-state index in [0.29, 0.717) is 23.7 Å². The van der Waals surface area contributed by atoms with Crippen molar-refractivity contribution in [3.05, 3.63) is 59.4 Å². The first-order valence-electron chi connectivity index (χ1n) is 9.55. The fraction of sp³-hybridized carbons (Fsp3) is 0.318. The van der Waals surface area contributed by atoms with Crippen LogP contribution in [-0.4, -0.2) is 37.8 Å². The van der Waals surface area contributed by atoms with E-state index < -0.39 is 23.7 Å². The fourth-order valence-electron chi connectivity index (χ4n) is 2.64. The van der Waals surface area contributed by atoms with Gasteiger partial charge in [-0.15, -0.1) is 0 Å². The van der Waals surface area contributed by atoms with Gasteiger partial charge >= 0.3 is 0 Å². The van der Waals surface area contributed by atoms with Crippen molar-refractivity contribution in [3.8, 4) is 11.5 Å². The van der Waals surface area contributed by atoms with E-state index in [2.05, 4.69) is 15.8 Å². The highest BCUT2D eigenvalue weighted by molar-refractivity contribution is 5.97. The van der Waals surface area contributed by atoms with Crippen molar-refractivity contribution in [1.82, 2.24) is 10.7 Å². The molecule has 0 bridgehead atoms. The summed E-state index contributed by atoms with van der Waals surface area (Å²) in [6.07, 6.45) is 1.47. The van der Waals surface area contributed by atoms with Gasteiger partial charge in [0.2, 0.25) is 0 Å². The molecule has 1 atom stereocenters. The molecule has 160 valence electrons. The smallest absolute Gasteiger partial charge is 0.262 e. The molecule has 0 heterocycles. The number of carbonyl (C=O) groups excluding carboxylic acids is 2. The van der Waals surface area contributed by atoms with Crippen LogP contribution in [0.15, 0.2) is 47.6 Å². The van der Waals surface area contributed by atoms with Gasteiger partial charge in [-0.05, 0) is 60.9 Å². The number of hydrogen-bond donors (Lipinski definition) is 2. The summed E-state index contributed by atoms with van der Waals surface area (Å²) in [5.41, 5.74) is 3.41. The van der Waals surface area contributed by atoms with Crippen molar-refractivity contribution < 1.29 is 23.5 Å². The second-order valence-electron chi connectivity index (χ2n) is 6.78. The largest absolute Gasteiger partial charge is 0.493 e. The Labute approximate surface area is 175 Å². The minimum atomic E-state index is -0.811. The van der Waals surface area contributed by atoms with Crippen molar-refractivity contribution in [2.75, 3.05) is 13.7 Å². The second-order valence-corrected chi connectivity index (χ2v) is 6.78. The lowest BCUT2D eigenvalue weighted by Gasteiger charge is -2.20. The molecule has 7 nitrogen and oxygen atoms in total. The molecule has 1 unspecified atom stereocenters. The lowest BCUT2D eigenvalue weighted by molar-refractivity contribution is -0.123. The molecule has 2 amide bonds. The normalized spacial score (nSPS) is 11.9. The summed E-state index contributed by atoms with van der Waals surface area (Å²) in [6, 6.07) is 9.55. The first-order chi connectivity index (χ1) is 14.3. The Morgan fingerprint density at radius 1 is 1.13 bits per heavy atom. The number of ether oxygens (including phenoxy) is 2. The molecule has 2 aromatic carbocycles. The van der Waals surface area contributed by atoms with Gasteiger partial charge in [0.25, 0.3) is 11.8 Å². The highest BCUT2D eigenvalue weighted by atomic mass is 19.1. The van der Waals surface area contributed by atoms with E-state index in [1.165, 1.54) is 30.5 Å². The van der Waals surface area contributed by atoms with Crippen molar-refractivity contribution >= 4 is 18.0 Å². The first-order valence-corrected chi connectivity index (χ1v) is 9.55. The Balaban J connectivity index is 2.03. The Morgan fingerprint density at radius 3 is 2.43 bits per heavy atom. The van der Waals surface area contributed by atoms with Crippen LogP contribution in [0.4, 0.5) is 4.39 Å². The molecule has 0 radical (unpaired) electrons. The standard InChI is InChI=1S/C22H26FN3O4/c1-5-30-19-12-15(6-11-18(19)29-4)13-24-26-22(28)20(14(2)3)25-21(27)16-7-9-17(23)10-8-16/h6-14,20H,5H2,1-4H3,(H,25,27)(H,26,28)/b24-13+. The van der Waals surface area contributed by atoms with Crippen molar-refractivity contribution in [1.29, 1.82) is 0 Å². The van der Waals surface area contributed by atoms with Crippen molar-refractivity contribution in [2.24, 2.45) is 11.0 Å². The molecule has 0 aliphatic rings. The number of methoxy groups -OCH3 is 1. The molecular formula is C22H26FN3O4. The van der Waals surface area contributed by atoms with Gasteiger partial charge < -0.3 is 14.8 Å². The Hall–Kier alpha value is -3.42. The van der Waals surface area contributed by atoms with Gasteiger partial charge in [0, 0.05) is 5.56 Å². The van der Waals surface area contributed by atoms with E-state index in [1.54, 1.807) is 39.2 Å². The zero-order chi connectivity index (χ0) is 22.1. The number of nitrogens with zero attached hydrogens (tertiary/aromatic N) is 1. The molecule has 2 N–H and O–H groups in total. The van der Waals surface area contributed by atoms with Crippen LogP contribution in [0.2, 0.25) is 0 Å². The predicted molar refractivity (Wildman–Crippen MR) is 112 cm³/mol. The van der Waals surface area contributed by atoms with Crippen molar-refractivity contribution in [3.63, 3.8) is 0 Å². The third-order valence-electron chi connectivity index (χ3n) is 4.22. The molecular weight excluding hydrogens is 389 g/mol. The summed E-state index contributed by atoms with van der Waals surface area (Å²) in [4.78, 5) is 24.9. The summed E-state index contributed by atoms with van der Waals surface area (Å²) < 4.78 is 23.8. The molecule has 0 aliphatic heterocycles. The third kappa shape index (κ3) is 6.30. The highest BCUT2D eigenvalue weighted by Crippen LogP contribution is 2.27. The van der Waals surface area contributed by atoms with Crippen LogP contribution in [0.5, 0.6) is 11.5 Å². The maximum absolute atomic E-state index is 13.0. The van der Waals surface area contributed by atoms with E-state index >= 15 is 0 Å². The van der Waals surface area contributed by atoms with Crippen LogP contribution in [0.25, 0.3) is 0 Å². The summed E-state index contributed by atoms with van der Waals surface area (Å²) in [5, 5.41) is 6.63. The number of hydrogen-bond acceptors (Lipinski definition) is 5. The van der Waals surface area contributed by atoms with Crippen LogP contribution in [0.1, 0.15) is 36.7 Å². The zero-order valence-electron chi connectivity index (χ0n) is 17.4. The van der Waals surface area contributed by atoms with E-state index in [0.717, 1.165) is 0 Å². The van der Waals surface area contributed by atoms with Crippen LogP contribution in [0, 0.1) is 11.7 Å². The number of hydrazone groups is 1. The zero-order valence-corrected chi connectivity index (χ0v) is 17.4. The highest BCUT2D eigenvalue weighted by Gasteiger charge is 2.24. The molecule has 0 saturated carbocycles. The summed E-state index contributed by atoms with van der Waals surface area (Å²) in [7, 11) is 1.55. The number of nitrogens with one attached hydrogen (secondary N) is 2.